The van der Waals surface area contributed by atoms with Crippen LogP contribution in [0.25, 0.3) is 0 Å². The first-order valence-electron chi connectivity index (χ1n) is 6.35. The van der Waals surface area contributed by atoms with E-state index in [0.717, 1.165) is 0 Å². The molecular weight excluding hydrogens is 262 g/mol. The average molecular weight is 286 g/mol. The standard InChI is InChI=1S/C14H24F2N4/c1-17(2)11-9(15)13(19(5)6)14(20(7)8)10(16)12(11)18(3)4/h1-8H3. The highest BCUT2D eigenvalue weighted by molar-refractivity contribution is 5.87. The van der Waals surface area contributed by atoms with Crippen LogP contribution in [0.1, 0.15) is 0 Å². The fourth-order valence-corrected chi connectivity index (χ4v) is 2.27. The molecule has 1 rings (SSSR count). The van der Waals surface area contributed by atoms with Crippen LogP contribution in [0.2, 0.25) is 0 Å². The van der Waals surface area contributed by atoms with Gasteiger partial charge in [0, 0.05) is 56.4 Å². The fourth-order valence-electron chi connectivity index (χ4n) is 2.27. The Morgan fingerprint density at radius 3 is 0.700 bits per heavy atom. The van der Waals surface area contributed by atoms with Gasteiger partial charge in [0.1, 0.15) is 22.7 Å². The number of halogens is 2. The molecule has 6 heteroatoms. The highest BCUT2D eigenvalue weighted by atomic mass is 19.1. The zero-order valence-corrected chi connectivity index (χ0v) is 13.5. The Kier molecular flexibility index (Phi) is 4.68. The van der Waals surface area contributed by atoms with Crippen molar-refractivity contribution in [2.45, 2.75) is 0 Å². The SMILES string of the molecule is CN(C)c1c(F)c(N(C)C)c(N(C)C)c(F)c1N(C)C. The molecule has 0 saturated carbocycles. The van der Waals surface area contributed by atoms with Gasteiger partial charge in [-0.1, -0.05) is 0 Å². The van der Waals surface area contributed by atoms with Gasteiger partial charge in [0.25, 0.3) is 0 Å². The molecule has 1 aromatic carbocycles. The smallest absolute Gasteiger partial charge is 0.174 e. The van der Waals surface area contributed by atoms with Crippen molar-refractivity contribution in [2.24, 2.45) is 0 Å². The minimum Gasteiger partial charge on any atom is -0.373 e. The molecule has 0 heterocycles. The zero-order valence-electron chi connectivity index (χ0n) is 13.5. The monoisotopic (exact) mass is 286 g/mol. The first-order chi connectivity index (χ1) is 9.11. The van der Waals surface area contributed by atoms with Crippen LogP contribution in [0.3, 0.4) is 0 Å². The molecule has 4 nitrogen and oxygen atoms in total. The Hall–Kier alpha value is -1.72. The van der Waals surface area contributed by atoms with E-state index in [-0.39, 0.29) is 22.7 Å². The summed E-state index contributed by atoms with van der Waals surface area (Å²) in [5, 5.41) is 0. The molecule has 0 radical (unpaired) electrons. The second kappa shape index (κ2) is 5.73. The van der Waals surface area contributed by atoms with Gasteiger partial charge in [-0.25, -0.2) is 8.78 Å². The van der Waals surface area contributed by atoms with E-state index in [4.69, 9.17) is 0 Å². The van der Waals surface area contributed by atoms with Gasteiger partial charge in [0.05, 0.1) is 0 Å². The predicted octanol–water partition coefficient (Wildman–Crippen LogP) is 2.23. The van der Waals surface area contributed by atoms with Crippen LogP contribution in [0, 0.1) is 11.6 Å². The van der Waals surface area contributed by atoms with Gasteiger partial charge < -0.3 is 19.6 Å². The van der Waals surface area contributed by atoms with E-state index >= 15 is 0 Å². The van der Waals surface area contributed by atoms with Crippen molar-refractivity contribution in [1.82, 2.24) is 0 Å². The second-order valence-electron chi connectivity index (χ2n) is 5.60. The van der Waals surface area contributed by atoms with Crippen molar-refractivity contribution in [3.05, 3.63) is 11.6 Å². The summed E-state index contributed by atoms with van der Waals surface area (Å²) in [5.41, 5.74) is 1.01. The van der Waals surface area contributed by atoms with Crippen molar-refractivity contribution in [3.8, 4) is 0 Å². The molecule has 0 aliphatic carbocycles. The van der Waals surface area contributed by atoms with E-state index in [1.165, 1.54) is 0 Å². The number of hydrogen-bond acceptors (Lipinski definition) is 4. The molecule has 0 bridgehead atoms. The van der Waals surface area contributed by atoms with Gasteiger partial charge in [0.15, 0.2) is 11.6 Å². The van der Waals surface area contributed by atoms with Crippen molar-refractivity contribution in [2.75, 3.05) is 76.0 Å². The van der Waals surface area contributed by atoms with Crippen LogP contribution in [0.5, 0.6) is 0 Å². The topological polar surface area (TPSA) is 13.0 Å². The van der Waals surface area contributed by atoms with Crippen LogP contribution >= 0.6 is 0 Å². The lowest BCUT2D eigenvalue weighted by Crippen LogP contribution is -2.26. The zero-order chi connectivity index (χ0) is 15.8. The lowest BCUT2D eigenvalue weighted by molar-refractivity contribution is 0.596. The van der Waals surface area contributed by atoms with E-state index in [0.29, 0.717) is 0 Å². The van der Waals surface area contributed by atoms with E-state index in [2.05, 4.69) is 0 Å². The van der Waals surface area contributed by atoms with Crippen molar-refractivity contribution in [1.29, 1.82) is 0 Å². The Morgan fingerprint density at radius 1 is 0.450 bits per heavy atom. The molecule has 0 fully saturated rings. The van der Waals surface area contributed by atoms with Gasteiger partial charge in [-0.05, 0) is 0 Å². The predicted molar refractivity (Wildman–Crippen MR) is 83.7 cm³/mol. The number of hydrogen-bond donors (Lipinski definition) is 0. The molecule has 0 N–H and O–H groups in total. The number of nitrogens with zero attached hydrogens (tertiary/aromatic N) is 4. The number of rotatable bonds is 4. The maximum Gasteiger partial charge on any atom is 0.174 e. The highest BCUT2D eigenvalue weighted by Gasteiger charge is 2.28. The Bertz CT molecular complexity index is 410. The van der Waals surface area contributed by atoms with Crippen LogP contribution in [0.4, 0.5) is 31.5 Å². The lowest BCUT2D eigenvalue weighted by Gasteiger charge is -2.31. The summed E-state index contributed by atoms with van der Waals surface area (Å²) in [6.45, 7) is 0. The van der Waals surface area contributed by atoms with Gasteiger partial charge in [-0.15, -0.1) is 0 Å². The molecule has 1 aromatic rings. The Balaban J connectivity index is 3.89. The van der Waals surface area contributed by atoms with Crippen molar-refractivity contribution >= 4 is 22.7 Å². The summed E-state index contributed by atoms with van der Waals surface area (Å²) in [4.78, 5) is 6.39. The summed E-state index contributed by atoms with van der Waals surface area (Å²) in [6, 6.07) is 0. The summed E-state index contributed by atoms with van der Waals surface area (Å²) in [6.07, 6.45) is 0. The summed E-state index contributed by atoms with van der Waals surface area (Å²) >= 11 is 0. The van der Waals surface area contributed by atoms with Crippen molar-refractivity contribution in [3.63, 3.8) is 0 Å². The molecule has 0 aliphatic rings. The molecule has 0 saturated heterocycles. The molecule has 0 unspecified atom stereocenters. The summed E-state index contributed by atoms with van der Waals surface area (Å²) in [5.74, 6) is -0.845. The third-order valence-electron chi connectivity index (χ3n) is 3.07. The normalized spacial score (nSPS) is 10.5. The largest absolute Gasteiger partial charge is 0.373 e. The van der Waals surface area contributed by atoms with E-state index in [1.807, 2.05) is 0 Å². The molecule has 0 aliphatic heterocycles. The molecule has 0 atom stereocenters. The second-order valence-corrected chi connectivity index (χ2v) is 5.60. The summed E-state index contributed by atoms with van der Waals surface area (Å²) < 4.78 is 29.8. The van der Waals surface area contributed by atoms with Gasteiger partial charge in [0.2, 0.25) is 0 Å². The van der Waals surface area contributed by atoms with E-state index in [9.17, 15) is 8.78 Å². The van der Waals surface area contributed by atoms with Gasteiger partial charge in [-0.3, -0.25) is 0 Å². The Morgan fingerprint density at radius 2 is 0.600 bits per heavy atom. The maximum absolute atomic E-state index is 14.9. The third kappa shape index (κ3) is 2.59. The fraction of sp³-hybridized carbons (Fsp3) is 0.571. The minimum absolute atomic E-state index is 0.252. The maximum atomic E-state index is 14.9. The molecule has 0 amide bonds. The average Bonchev–Trinajstić information content (AvgIpc) is 2.28. The highest BCUT2D eigenvalue weighted by Crippen LogP contribution is 2.45. The lowest BCUT2D eigenvalue weighted by atomic mass is 10.1. The van der Waals surface area contributed by atoms with Crippen LogP contribution in [-0.4, -0.2) is 56.4 Å². The van der Waals surface area contributed by atoms with Crippen molar-refractivity contribution < 1.29 is 8.78 Å². The Labute approximate surface area is 120 Å². The third-order valence-corrected chi connectivity index (χ3v) is 3.07. The van der Waals surface area contributed by atoms with E-state index < -0.39 is 11.6 Å². The van der Waals surface area contributed by atoms with Gasteiger partial charge in [-0.2, -0.15) is 0 Å². The summed E-state index contributed by atoms with van der Waals surface area (Å²) in [7, 11) is 13.7. The molecule has 0 spiro atoms. The first kappa shape index (κ1) is 16.3. The van der Waals surface area contributed by atoms with Crippen LogP contribution in [-0.2, 0) is 0 Å². The number of benzene rings is 1. The minimum atomic E-state index is -0.422. The van der Waals surface area contributed by atoms with E-state index in [1.54, 1.807) is 76.0 Å². The molecule has 114 valence electrons. The quantitative estimate of drug-likeness (QED) is 0.841. The molecule has 20 heavy (non-hydrogen) atoms. The van der Waals surface area contributed by atoms with Crippen LogP contribution < -0.4 is 19.6 Å². The van der Waals surface area contributed by atoms with Gasteiger partial charge >= 0.3 is 0 Å². The molecular formula is C14H24F2N4. The number of anilines is 4. The first-order valence-corrected chi connectivity index (χ1v) is 6.35. The van der Waals surface area contributed by atoms with Crippen LogP contribution in [0.15, 0.2) is 0 Å². The molecule has 0 aromatic heterocycles.